The molecular weight excluding hydrogens is 605 g/mol. The van der Waals surface area contributed by atoms with E-state index in [4.69, 9.17) is 0 Å². The second-order valence-corrected chi connectivity index (χ2v) is 13.3. The van der Waals surface area contributed by atoms with E-state index < -0.39 is 0 Å². The molecule has 0 aromatic heterocycles. The maximum atomic E-state index is 2.45. The monoisotopic (exact) mass is 638 g/mol. The number of nitrogens with zero attached hydrogens (tertiary/aromatic N) is 2. The van der Waals surface area contributed by atoms with E-state index in [1.165, 1.54) is 67.3 Å². The van der Waals surface area contributed by atoms with Gasteiger partial charge in [0.25, 0.3) is 0 Å². The van der Waals surface area contributed by atoms with Crippen molar-refractivity contribution >= 4 is 34.1 Å². The molecule has 0 spiro atoms. The van der Waals surface area contributed by atoms with Gasteiger partial charge in [0, 0.05) is 45.7 Å². The van der Waals surface area contributed by atoms with Crippen molar-refractivity contribution < 1.29 is 0 Å². The number of hydrogen-bond donors (Lipinski definition) is 0. The standard InChI is InChI=1S/C48H34N2/c1-2-14-38-37(13-1)41-17-5-9-21-45(41)49(46-22-10-6-18-42(38)46)35-29-25-33(26-30-35)34-27-31-36(32-28-34)50-47-23-11-7-19-43(47)39-15-3-4-16-40(39)44-20-8-12-24-48(44)50/h1-32,37-38H. The highest BCUT2D eigenvalue weighted by molar-refractivity contribution is 6.02. The lowest BCUT2D eigenvalue weighted by Gasteiger charge is -2.28. The van der Waals surface area contributed by atoms with Crippen LogP contribution in [0.1, 0.15) is 23.0 Å². The molecule has 0 bridgehead atoms. The number of benzene rings is 7. The molecule has 0 N–H and O–H groups in total. The molecule has 0 fully saturated rings. The van der Waals surface area contributed by atoms with Crippen LogP contribution in [-0.4, -0.2) is 0 Å². The zero-order valence-corrected chi connectivity index (χ0v) is 27.5. The van der Waals surface area contributed by atoms with Crippen molar-refractivity contribution in [1.29, 1.82) is 0 Å². The summed E-state index contributed by atoms with van der Waals surface area (Å²) in [6.07, 6.45) is 9.11. The molecule has 0 amide bonds. The van der Waals surface area contributed by atoms with E-state index in [0.717, 1.165) is 11.4 Å². The van der Waals surface area contributed by atoms with Gasteiger partial charge in [-0.2, -0.15) is 0 Å². The van der Waals surface area contributed by atoms with Crippen molar-refractivity contribution in [2.45, 2.75) is 11.8 Å². The zero-order chi connectivity index (χ0) is 33.0. The van der Waals surface area contributed by atoms with Crippen LogP contribution in [0.4, 0.5) is 34.1 Å². The summed E-state index contributed by atoms with van der Waals surface area (Å²) in [4.78, 5) is 4.86. The van der Waals surface area contributed by atoms with Crippen molar-refractivity contribution in [2.75, 3.05) is 9.80 Å². The van der Waals surface area contributed by atoms with Gasteiger partial charge in [0.1, 0.15) is 0 Å². The largest absolute Gasteiger partial charge is 0.310 e. The van der Waals surface area contributed by atoms with Crippen molar-refractivity contribution in [3.8, 4) is 33.4 Å². The number of para-hydroxylation sites is 4. The van der Waals surface area contributed by atoms with E-state index in [1.807, 2.05) is 0 Å². The normalized spacial score (nSPS) is 16.6. The first kappa shape index (κ1) is 28.6. The van der Waals surface area contributed by atoms with Crippen LogP contribution in [0.3, 0.4) is 0 Å². The lowest BCUT2D eigenvalue weighted by Crippen LogP contribution is -2.11. The molecule has 0 saturated carbocycles. The molecule has 7 aromatic carbocycles. The third-order valence-electron chi connectivity index (χ3n) is 10.6. The van der Waals surface area contributed by atoms with Gasteiger partial charge >= 0.3 is 0 Å². The smallest absolute Gasteiger partial charge is 0.0540 e. The quantitative estimate of drug-likeness (QED) is 0.190. The third-order valence-corrected chi connectivity index (χ3v) is 10.6. The number of rotatable bonds is 3. The number of hydrogen-bond acceptors (Lipinski definition) is 2. The predicted octanol–water partition coefficient (Wildman–Crippen LogP) is 13.2. The van der Waals surface area contributed by atoms with Gasteiger partial charge in [0.2, 0.25) is 0 Å². The second-order valence-electron chi connectivity index (χ2n) is 13.3. The van der Waals surface area contributed by atoms with Gasteiger partial charge < -0.3 is 9.80 Å². The van der Waals surface area contributed by atoms with Crippen LogP contribution < -0.4 is 9.80 Å². The van der Waals surface area contributed by atoms with E-state index in [9.17, 15) is 0 Å². The minimum atomic E-state index is 0.303. The fraction of sp³-hybridized carbons (Fsp3) is 0.0417. The molecule has 50 heavy (non-hydrogen) atoms. The molecule has 2 nitrogen and oxygen atoms in total. The first-order valence-corrected chi connectivity index (χ1v) is 17.4. The number of fused-ring (bicyclic) bond motifs is 10. The summed E-state index contributed by atoms with van der Waals surface area (Å²) in [5.74, 6) is 0.606. The molecule has 1 aliphatic carbocycles. The molecule has 2 unspecified atom stereocenters. The molecule has 3 aliphatic rings. The minimum absolute atomic E-state index is 0.303. The van der Waals surface area contributed by atoms with Crippen molar-refractivity contribution in [3.63, 3.8) is 0 Å². The Morgan fingerprint density at radius 3 is 1.08 bits per heavy atom. The van der Waals surface area contributed by atoms with E-state index in [-0.39, 0.29) is 0 Å². The number of allylic oxidation sites excluding steroid dienone is 4. The van der Waals surface area contributed by atoms with Crippen LogP contribution in [0, 0.1) is 0 Å². The molecule has 2 heterocycles. The van der Waals surface area contributed by atoms with Crippen LogP contribution in [0.15, 0.2) is 194 Å². The summed E-state index contributed by atoms with van der Waals surface area (Å²) in [6, 6.07) is 62.2. The summed E-state index contributed by atoms with van der Waals surface area (Å²) >= 11 is 0. The first-order valence-electron chi connectivity index (χ1n) is 17.4. The molecular formula is C48H34N2. The topological polar surface area (TPSA) is 6.48 Å². The van der Waals surface area contributed by atoms with Crippen molar-refractivity contribution in [2.24, 2.45) is 0 Å². The Balaban J connectivity index is 1.03. The maximum absolute atomic E-state index is 2.45. The van der Waals surface area contributed by atoms with E-state index >= 15 is 0 Å². The third kappa shape index (κ3) is 4.49. The van der Waals surface area contributed by atoms with Crippen LogP contribution in [0.2, 0.25) is 0 Å². The predicted molar refractivity (Wildman–Crippen MR) is 209 cm³/mol. The molecule has 7 aromatic rings. The Labute approximate surface area is 293 Å². The molecule has 236 valence electrons. The zero-order valence-electron chi connectivity index (χ0n) is 27.5. The molecule has 2 aliphatic heterocycles. The van der Waals surface area contributed by atoms with Crippen molar-refractivity contribution in [1.82, 2.24) is 0 Å². The Morgan fingerprint density at radius 1 is 0.300 bits per heavy atom. The van der Waals surface area contributed by atoms with Gasteiger partial charge in [-0.05, 0) is 81.9 Å². The van der Waals surface area contributed by atoms with Crippen LogP contribution >= 0.6 is 0 Å². The molecule has 0 saturated heterocycles. The average molecular weight is 639 g/mol. The van der Waals surface area contributed by atoms with E-state index in [0.29, 0.717) is 11.8 Å². The summed E-state index contributed by atoms with van der Waals surface area (Å²) in [6.45, 7) is 0. The first-order chi connectivity index (χ1) is 24.8. The summed E-state index contributed by atoms with van der Waals surface area (Å²) in [5.41, 5.74) is 17.2. The van der Waals surface area contributed by atoms with E-state index in [1.54, 1.807) is 0 Å². The highest BCUT2D eigenvalue weighted by Crippen LogP contribution is 2.53. The molecule has 2 atom stereocenters. The minimum Gasteiger partial charge on any atom is -0.310 e. The second kappa shape index (κ2) is 11.6. The van der Waals surface area contributed by atoms with Crippen LogP contribution in [0.5, 0.6) is 0 Å². The fourth-order valence-electron chi connectivity index (χ4n) is 8.31. The van der Waals surface area contributed by atoms with Gasteiger partial charge in [-0.3, -0.25) is 0 Å². The number of anilines is 6. The van der Waals surface area contributed by atoms with Crippen molar-refractivity contribution in [3.05, 3.63) is 205 Å². The summed E-state index contributed by atoms with van der Waals surface area (Å²) in [7, 11) is 0. The highest BCUT2D eigenvalue weighted by atomic mass is 15.2. The average Bonchev–Trinajstić information content (AvgIpc) is 3.40. The molecule has 10 rings (SSSR count). The van der Waals surface area contributed by atoms with Gasteiger partial charge in [0.05, 0.1) is 11.4 Å². The van der Waals surface area contributed by atoms with Gasteiger partial charge in [-0.1, -0.05) is 146 Å². The SMILES string of the molecule is C1=CC2c3ccccc3N(c3ccc(-c4ccc(N5c6ccccc6-c6ccccc6-c6ccccc65)cc4)cc3)c3ccccc3C2C=C1. The lowest BCUT2D eigenvalue weighted by molar-refractivity contribution is 0.739. The van der Waals surface area contributed by atoms with Gasteiger partial charge in [0.15, 0.2) is 0 Å². The van der Waals surface area contributed by atoms with Gasteiger partial charge in [-0.25, -0.2) is 0 Å². The van der Waals surface area contributed by atoms with Gasteiger partial charge in [-0.15, -0.1) is 0 Å². The Morgan fingerprint density at radius 2 is 0.640 bits per heavy atom. The maximum Gasteiger partial charge on any atom is 0.0540 e. The van der Waals surface area contributed by atoms with Crippen LogP contribution in [-0.2, 0) is 0 Å². The Hall–Kier alpha value is -6.38. The summed E-state index contributed by atoms with van der Waals surface area (Å²) in [5, 5.41) is 0. The lowest BCUT2D eigenvalue weighted by atomic mass is 9.79. The Kier molecular flexibility index (Phi) is 6.67. The molecule has 0 radical (unpaired) electrons. The fourth-order valence-corrected chi connectivity index (χ4v) is 8.31. The van der Waals surface area contributed by atoms with Crippen LogP contribution in [0.25, 0.3) is 33.4 Å². The Bertz CT molecular complexity index is 2320. The summed E-state index contributed by atoms with van der Waals surface area (Å²) < 4.78 is 0. The molecule has 2 heteroatoms. The highest BCUT2D eigenvalue weighted by Gasteiger charge is 2.33. The van der Waals surface area contributed by atoms with E-state index in [2.05, 4.69) is 204 Å².